The van der Waals surface area contributed by atoms with E-state index in [4.69, 9.17) is 0 Å². The number of nitrogens with zero attached hydrogens (tertiary/aromatic N) is 2. The first kappa shape index (κ1) is 12.7. The summed E-state index contributed by atoms with van der Waals surface area (Å²) < 4.78 is 25.3. The molecule has 1 aromatic heterocycles. The van der Waals surface area contributed by atoms with Gasteiger partial charge in [0, 0.05) is 26.5 Å². The summed E-state index contributed by atoms with van der Waals surface area (Å²) in [6.45, 7) is 0. The second-order valence-electron chi connectivity index (χ2n) is 4.05. The average molecular weight is 262 g/mol. The summed E-state index contributed by atoms with van der Waals surface area (Å²) in [5, 5.41) is 0. The van der Waals surface area contributed by atoms with E-state index in [0.717, 1.165) is 11.1 Å². The van der Waals surface area contributed by atoms with Crippen molar-refractivity contribution < 1.29 is 8.42 Å². The van der Waals surface area contributed by atoms with Gasteiger partial charge < -0.3 is 0 Å². The highest BCUT2D eigenvalue weighted by Gasteiger charge is 2.17. The molecule has 0 aliphatic rings. The molecule has 4 nitrogen and oxygen atoms in total. The molecular weight excluding hydrogens is 248 g/mol. The van der Waals surface area contributed by atoms with Gasteiger partial charge in [-0.1, -0.05) is 12.1 Å². The average Bonchev–Trinajstić information content (AvgIpc) is 2.40. The first-order valence-corrected chi connectivity index (χ1v) is 6.89. The molecule has 94 valence electrons. The molecule has 1 heterocycles. The smallest absolute Gasteiger partial charge is 0.242 e. The van der Waals surface area contributed by atoms with Crippen molar-refractivity contribution in [3.8, 4) is 11.1 Å². The number of aromatic nitrogens is 1. The maximum absolute atomic E-state index is 12.0. The van der Waals surface area contributed by atoms with Crippen molar-refractivity contribution in [2.45, 2.75) is 4.90 Å². The number of rotatable bonds is 3. The van der Waals surface area contributed by atoms with Crippen LogP contribution in [0.4, 0.5) is 0 Å². The van der Waals surface area contributed by atoms with Gasteiger partial charge >= 0.3 is 0 Å². The fraction of sp³-hybridized carbons (Fsp3) is 0.154. The van der Waals surface area contributed by atoms with Crippen molar-refractivity contribution >= 4 is 10.0 Å². The Morgan fingerprint density at radius 2 is 1.67 bits per heavy atom. The molecule has 2 rings (SSSR count). The lowest BCUT2D eigenvalue weighted by molar-refractivity contribution is 0.521. The Kier molecular flexibility index (Phi) is 3.45. The van der Waals surface area contributed by atoms with E-state index in [0.29, 0.717) is 4.90 Å². The van der Waals surface area contributed by atoms with Crippen LogP contribution in [0.15, 0.2) is 53.7 Å². The molecule has 0 N–H and O–H groups in total. The van der Waals surface area contributed by atoms with E-state index in [-0.39, 0.29) is 0 Å². The number of hydrogen-bond donors (Lipinski definition) is 0. The zero-order chi connectivity index (χ0) is 13.2. The first-order valence-electron chi connectivity index (χ1n) is 5.45. The minimum atomic E-state index is -3.39. The van der Waals surface area contributed by atoms with Crippen molar-refractivity contribution in [3.05, 3.63) is 48.8 Å². The highest BCUT2D eigenvalue weighted by atomic mass is 32.2. The number of hydrogen-bond acceptors (Lipinski definition) is 3. The molecule has 0 radical (unpaired) electrons. The Balaban J connectivity index is 2.50. The van der Waals surface area contributed by atoms with Gasteiger partial charge in [0.05, 0.1) is 4.90 Å². The SMILES string of the molecule is CN(C)S(=O)(=O)c1cccc(-c2ccncc2)c1. The van der Waals surface area contributed by atoms with Crippen LogP contribution in [0.25, 0.3) is 11.1 Å². The number of sulfonamides is 1. The van der Waals surface area contributed by atoms with Crippen molar-refractivity contribution in [3.63, 3.8) is 0 Å². The van der Waals surface area contributed by atoms with Crippen LogP contribution in [0.2, 0.25) is 0 Å². The van der Waals surface area contributed by atoms with E-state index in [1.54, 1.807) is 30.6 Å². The van der Waals surface area contributed by atoms with Gasteiger partial charge in [-0.25, -0.2) is 12.7 Å². The molecule has 0 fully saturated rings. The summed E-state index contributed by atoms with van der Waals surface area (Å²) in [5.74, 6) is 0. The normalized spacial score (nSPS) is 11.7. The zero-order valence-corrected chi connectivity index (χ0v) is 11.1. The van der Waals surface area contributed by atoms with Crippen molar-refractivity contribution in [2.24, 2.45) is 0 Å². The molecule has 2 aromatic rings. The quantitative estimate of drug-likeness (QED) is 0.850. The standard InChI is InChI=1S/C13H14N2O2S/c1-15(2)18(16,17)13-5-3-4-12(10-13)11-6-8-14-9-7-11/h3-10H,1-2H3. The Morgan fingerprint density at radius 3 is 2.28 bits per heavy atom. The maximum atomic E-state index is 12.0. The summed E-state index contributed by atoms with van der Waals surface area (Å²) in [7, 11) is -0.345. The van der Waals surface area contributed by atoms with Crippen molar-refractivity contribution in [1.29, 1.82) is 0 Å². The van der Waals surface area contributed by atoms with Crippen LogP contribution in [-0.2, 0) is 10.0 Å². The Bertz CT molecular complexity index is 637. The lowest BCUT2D eigenvalue weighted by atomic mass is 10.1. The van der Waals surface area contributed by atoms with Crippen LogP contribution >= 0.6 is 0 Å². The molecule has 0 spiro atoms. The Morgan fingerprint density at radius 1 is 1.00 bits per heavy atom. The van der Waals surface area contributed by atoms with E-state index >= 15 is 0 Å². The molecule has 18 heavy (non-hydrogen) atoms. The molecule has 0 aliphatic carbocycles. The number of pyridine rings is 1. The third-order valence-electron chi connectivity index (χ3n) is 2.63. The summed E-state index contributed by atoms with van der Waals surface area (Å²) >= 11 is 0. The lowest BCUT2D eigenvalue weighted by Crippen LogP contribution is -2.22. The van der Waals surface area contributed by atoms with E-state index in [1.807, 2.05) is 18.2 Å². The minimum absolute atomic E-state index is 0.293. The lowest BCUT2D eigenvalue weighted by Gasteiger charge is -2.12. The van der Waals surface area contributed by atoms with Gasteiger partial charge in [0.2, 0.25) is 10.0 Å². The molecule has 5 heteroatoms. The van der Waals surface area contributed by atoms with E-state index in [2.05, 4.69) is 4.98 Å². The van der Waals surface area contributed by atoms with Gasteiger partial charge in [0.15, 0.2) is 0 Å². The summed E-state index contributed by atoms with van der Waals surface area (Å²) in [4.78, 5) is 4.24. The van der Waals surface area contributed by atoms with Crippen LogP contribution in [0.1, 0.15) is 0 Å². The van der Waals surface area contributed by atoms with Crippen molar-refractivity contribution in [1.82, 2.24) is 9.29 Å². The van der Waals surface area contributed by atoms with Crippen LogP contribution in [0.5, 0.6) is 0 Å². The van der Waals surface area contributed by atoms with Crippen LogP contribution in [0, 0.1) is 0 Å². The van der Waals surface area contributed by atoms with Crippen LogP contribution in [0.3, 0.4) is 0 Å². The second-order valence-corrected chi connectivity index (χ2v) is 6.20. The fourth-order valence-electron chi connectivity index (χ4n) is 1.59. The highest BCUT2D eigenvalue weighted by molar-refractivity contribution is 7.89. The van der Waals surface area contributed by atoms with Gasteiger partial charge in [-0.05, 0) is 35.4 Å². The first-order chi connectivity index (χ1) is 8.51. The van der Waals surface area contributed by atoms with Gasteiger partial charge in [-0.2, -0.15) is 0 Å². The van der Waals surface area contributed by atoms with Gasteiger partial charge in [-0.3, -0.25) is 4.98 Å². The zero-order valence-electron chi connectivity index (χ0n) is 10.2. The predicted molar refractivity (Wildman–Crippen MR) is 70.5 cm³/mol. The fourth-order valence-corrected chi connectivity index (χ4v) is 2.54. The second kappa shape index (κ2) is 4.88. The molecule has 0 bridgehead atoms. The number of benzene rings is 1. The van der Waals surface area contributed by atoms with E-state index in [9.17, 15) is 8.42 Å². The largest absolute Gasteiger partial charge is 0.265 e. The minimum Gasteiger partial charge on any atom is -0.265 e. The van der Waals surface area contributed by atoms with Gasteiger partial charge in [0.25, 0.3) is 0 Å². The molecule has 0 aliphatic heterocycles. The summed E-state index contributed by atoms with van der Waals surface area (Å²) in [6, 6.07) is 10.6. The van der Waals surface area contributed by atoms with E-state index in [1.165, 1.54) is 18.4 Å². The monoisotopic (exact) mass is 262 g/mol. The molecule has 0 amide bonds. The third kappa shape index (κ3) is 2.42. The topological polar surface area (TPSA) is 50.3 Å². The Labute approximate surface area is 107 Å². The van der Waals surface area contributed by atoms with Crippen LogP contribution in [-0.4, -0.2) is 31.8 Å². The molecule has 0 atom stereocenters. The molecular formula is C13H14N2O2S. The van der Waals surface area contributed by atoms with Gasteiger partial charge in [0.1, 0.15) is 0 Å². The molecule has 0 saturated carbocycles. The van der Waals surface area contributed by atoms with E-state index < -0.39 is 10.0 Å². The predicted octanol–water partition coefficient (Wildman–Crippen LogP) is 2.00. The maximum Gasteiger partial charge on any atom is 0.242 e. The Hall–Kier alpha value is -1.72. The molecule has 0 saturated heterocycles. The molecule has 1 aromatic carbocycles. The summed E-state index contributed by atoms with van der Waals surface area (Å²) in [6.07, 6.45) is 3.37. The third-order valence-corrected chi connectivity index (χ3v) is 4.44. The van der Waals surface area contributed by atoms with Crippen molar-refractivity contribution in [2.75, 3.05) is 14.1 Å². The molecule has 0 unspecified atom stereocenters. The summed E-state index contributed by atoms with van der Waals surface area (Å²) in [5.41, 5.74) is 1.81. The van der Waals surface area contributed by atoms with Crippen LogP contribution < -0.4 is 0 Å². The highest BCUT2D eigenvalue weighted by Crippen LogP contribution is 2.22. The van der Waals surface area contributed by atoms with Gasteiger partial charge in [-0.15, -0.1) is 0 Å².